The van der Waals surface area contributed by atoms with Crippen molar-refractivity contribution < 1.29 is 14.0 Å². The molecule has 0 saturated heterocycles. The number of carbonyl (C=O) groups is 1. The first-order chi connectivity index (χ1) is 9.98. The van der Waals surface area contributed by atoms with Crippen molar-refractivity contribution in [3.8, 4) is 0 Å². The van der Waals surface area contributed by atoms with Gasteiger partial charge < -0.3 is 14.0 Å². The number of ether oxygens (including phenoxy) is 1. The topological polar surface area (TPSA) is 35.5 Å². The number of rotatable bonds is 12. The highest BCUT2D eigenvalue weighted by Crippen LogP contribution is 2.27. The van der Waals surface area contributed by atoms with Crippen LogP contribution in [0.25, 0.3) is 0 Å². The highest BCUT2D eigenvalue weighted by atomic mass is 127. The highest BCUT2D eigenvalue weighted by molar-refractivity contribution is 14.1. The average molecular weight is 426 g/mol. The first-order valence-corrected chi connectivity index (χ1v) is 11.6. The van der Waals surface area contributed by atoms with E-state index in [0.29, 0.717) is 6.42 Å². The minimum Gasteiger partial charge on any atom is -0.411 e. The number of hydrogen-bond acceptors (Lipinski definition) is 3. The molecule has 3 nitrogen and oxygen atoms in total. The third-order valence-corrected chi connectivity index (χ3v) is 9.37. The summed E-state index contributed by atoms with van der Waals surface area (Å²) in [5, 5.41) is 0. The minimum absolute atomic E-state index is 0.0266. The van der Waals surface area contributed by atoms with Gasteiger partial charge in [-0.25, -0.2) is 0 Å². The first-order valence-electron chi connectivity index (χ1n) is 7.95. The van der Waals surface area contributed by atoms with Crippen molar-refractivity contribution in [1.82, 2.24) is 0 Å². The van der Waals surface area contributed by atoms with Crippen LogP contribution in [0.2, 0.25) is 18.1 Å². The second kappa shape index (κ2) is 11.8. The van der Waals surface area contributed by atoms with Crippen molar-refractivity contribution in [3.63, 3.8) is 0 Å². The highest BCUT2D eigenvalue weighted by Gasteiger charge is 2.34. The third kappa shape index (κ3) is 7.90. The molecular formula is C16H31IO3Si. The van der Waals surface area contributed by atoms with E-state index in [9.17, 15) is 4.79 Å². The Morgan fingerprint density at radius 1 is 1.19 bits per heavy atom. The smallest absolute Gasteiger partial charge is 0.192 e. The fourth-order valence-electron chi connectivity index (χ4n) is 2.58. The third-order valence-electron chi connectivity index (χ3n) is 4.26. The Morgan fingerprint density at radius 2 is 1.76 bits per heavy atom. The van der Waals surface area contributed by atoms with Crippen molar-refractivity contribution in [1.29, 1.82) is 0 Å². The number of halogens is 1. The molecule has 124 valence electrons. The van der Waals surface area contributed by atoms with E-state index in [1.165, 1.54) is 3.58 Å². The number of allylic oxidation sites excluding steroid dienone is 2. The fourth-order valence-corrected chi connectivity index (χ4v) is 5.81. The van der Waals surface area contributed by atoms with E-state index in [0.717, 1.165) is 37.3 Å². The normalized spacial score (nSPS) is 15.8. The van der Waals surface area contributed by atoms with E-state index in [2.05, 4.69) is 56.4 Å². The fraction of sp³-hybridized carbons (Fsp3) is 0.812. The largest absolute Gasteiger partial charge is 0.411 e. The van der Waals surface area contributed by atoms with Gasteiger partial charge in [0.15, 0.2) is 8.32 Å². The predicted octanol–water partition coefficient (Wildman–Crippen LogP) is 5.10. The summed E-state index contributed by atoms with van der Waals surface area (Å²) in [7, 11) is -0.00663. The molecule has 0 unspecified atom stereocenters. The Bertz CT molecular complexity index is 304. The van der Waals surface area contributed by atoms with E-state index in [1.54, 1.807) is 7.11 Å². The molecule has 0 amide bonds. The molecule has 0 aliphatic carbocycles. The maximum atomic E-state index is 10.9. The first kappa shape index (κ1) is 21.3. The Balaban J connectivity index is 4.99. The summed E-state index contributed by atoms with van der Waals surface area (Å²) in [5.74, 6) is 0. The predicted molar refractivity (Wildman–Crippen MR) is 101 cm³/mol. The molecule has 0 aliphatic rings. The quantitative estimate of drug-likeness (QED) is 0.248. The van der Waals surface area contributed by atoms with E-state index in [1.807, 2.05) is 0 Å². The SMILES string of the molecule is CC[Si](CC)(CC)O[C@@H](CC/C=C(\C)I)[C@H](CC=O)OC. The maximum absolute atomic E-state index is 10.9. The van der Waals surface area contributed by atoms with Gasteiger partial charge in [-0.1, -0.05) is 26.8 Å². The van der Waals surface area contributed by atoms with Crippen molar-refractivity contribution in [2.75, 3.05) is 7.11 Å². The van der Waals surface area contributed by atoms with Gasteiger partial charge in [0.05, 0.1) is 12.2 Å². The van der Waals surface area contributed by atoms with Gasteiger partial charge in [0, 0.05) is 13.5 Å². The van der Waals surface area contributed by atoms with E-state index in [4.69, 9.17) is 9.16 Å². The molecule has 0 aromatic carbocycles. The van der Waals surface area contributed by atoms with Crippen molar-refractivity contribution in [2.45, 2.75) is 77.3 Å². The Hall–Kier alpha value is 0.277. The zero-order chi connectivity index (χ0) is 16.3. The average Bonchev–Trinajstić information content (AvgIpc) is 2.48. The number of methoxy groups -OCH3 is 1. The molecule has 0 bridgehead atoms. The summed E-state index contributed by atoms with van der Waals surface area (Å²) in [6.07, 6.45) is 5.37. The van der Waals surface area contributed by atoms with Crippen LogP contribution in [0.5, 0.6) is 0 Å². The molecule has 21 heavy (non-hydrogen) atoms. The molecular weight excluding hydrogens is 395 g/mol. The summed E-state index contributed by atoms with van der Waals surface area (Å²) in [6, 6.07) is 3.36. The van der Waals surface area contributed by atoms with Crippen molar-refractivity contribution >= 4 is 37.2 Å². The summed E-state index contributed by atoms with van der Waals surface area (Å²) in [6.45, 7) is 8.78. The summed E-state index contributed by atoms with van der Waals surface area (Å²) in [4.78, 5) is 10.9. The van der Waals surface area contributed by atoms with Gasteiger partial charge in [-0.3, -0.25) is 0 Å². The molecule has 0 aliphatic heterocycles. The van der Waals surface area contributed by atoms with Gasteiger partial charge in [-0.2, -0.15) is 0 Å². The van der Waals surface area contributed by atoms with Crippen LogP contribution in [0.3, 0.4) is 0 Å². The molecule has 0 N–H and O–H groups in total. The standard InChI is InChI=1S/C16H31IO3Si/c1-6-21(7-2,8-3)20-16(11-9-10-14(4)17)15(19-5)12-13-18/h10,13,15-16H,6-9,11-12H2,1-5H3/b14-10+/t15-,16-/m0/s1. The van der Waals surface area contributed by atoms with Crippen LogP contribution in [-0.4, -0.2) is 33.9 Å². The second-order valence-corrected chi connectivity index (χ2v) is 11.9. The van der Waals surface area contributed by atoms with Crippen LogP contribution >= 0.6 is 22.6 Å². The van der Waals surface area contributed by atoms with E-state index >= 15 is 0 Å². The van der Waals surface area contributed by atoms with Gasteiger partial charge in [0.25, 0.3) is 0 Å². The minimum atomic E-state index is -1.68. The maximum Gasteiger partial charge on any atom is 0.192 e. The molecule has 5 heteroatoms. The van der Waals surface area contributed by atoms with Crippen molar-refractivity contribution in [2.24, 2.45) is 0 Å². The molecule has 0 heterocycles. The lowest BCUT2D eigenvalue weighted by Crippen LogP contribution is -2.44. The molecule has 2 atom stereocenters. The van der Waals surface area contributed by atoms with Gasteiger partial charge in [0.2, 0.25) is 0 Å². The number of aldehydes is 1. The zero-order valence-electron chi connectivity index (χ0n) is 14.2. The second-order valence-electron chi connectivity index (χ2n) is 5.44. The number of carbonyl (C=O) groups excluding carboxylic acids is 1. The van der Waals surface area contributed by atoms with Crippen LogP contribution in [-0.2, 0) is 14.0 Å². The molecule has 0 fully saturated rings. The zero-order valence-corrected chi connectivity index (χ0v) is 17.3. The lowest BCUT2D eigenvalue weighted by atomic mass is 10.1. The molecule has 0 spiro atoms. The van der Waals surface area contributed by atoms with Gasteiger partial charge in [-0.15, -0.1) is 0 Å². The van der Waals surface area contributed by atoms with Crippen molar-refractivity contribution in [3.05, 3.63) is 9.66 Å². The Kier molecular flexibility index (Phi) is 11.9. The molecule has 0 rings (SSSR count). The Morgan fingerprint density at radius 3 is 2.14 bits per heavy atom. The lowest BCUT2D eigenvalue weighted by Gasteiger charge is -2.36. The van der Waals surface area contributed by atoms with Crippen LogP contribution in [0.15, 0.2) is 9.66 Å². The summed E-state index contributed by atoms with van der Waals surface area (Å²) < 4.78 is 13.4. The summed E-state index contributed by atoms with van der Waals surface area (Å²) >= 11 is 2.32. The van der Waals surface area contributed by atoms with Gasteiger partial charge in [-0.05, 0) is 64.1 Å². The van der Waals surface area contributed by atoms with Gasteiger partial charge in [0.1, 0.15) is 6.29 Å². The molecule has 0 radical (unpaired) electrons. The molecule has 0 aromatic rings. The van der Waals surface area contributed by atoms with Crippen LogP contribution in [0.4, 0.5) is 0 Å². The molecule has 0 aromatic heterocycles. The lowest BCUT2D eigenvalue weighted by molar-refractivity contribution is -0.112. The summed E-state index contributed by atoms with van der Waals surface area (Å²) in [5.41, 5.74) is 0. The van der Waals surface area contributed by atoms with Gasteiger partial charge >= 0.3 is 0 Å². The van der Waals surface area contributed by atoms with Crippen LogP contribution in [0.1, 0.15) is 47.0 Å². The Labute approximate surface area is 145 Å². The van der Waals surface area contributed by atoms with Crippen LogP contribution < -0.4 is 0 Å². The molecule has 0 saturated carbocycles. The number of hydrogen-bond donors (Lipinski definition) is 0. The monoisotopic (exact) mass is 426 g/mol. The van der Waals surface area contributed by atoms with Crippen LogP contribution in [0, 0.1) is 0 Å². The van der Waals surface area contributed by atoms with E-state index in [-0.39, 0.29) is 12.2 Å². The van der Waals surface area contributed by atoms with E-state index < -0.39 is 8.32 Å².